The Morgan fingerprint density at radius 2 is 1.61 bits per heavy atom. The van der Waals surface area contributed by atoms with Crippen molar-refractivity contribution in [2.75, 3.05) is 5.32 Å². The molecule has 0 radical (unpaired) electrons. The molecule has 0 aliphatic heterocycles. The highest BCUT2D eigenvalue weighted by molar-refractivity contribution is 6.66. The van der Waals surface area contributed by atoms with Crippen LogP contribution in [0, 0.1) is 22.0 Å². The lowest BCUT2D eigenvalue weighted by atomic mass is 9.81. The molecule has 4 atom stereocenters. The van der Waals surface area contributed by atoms with E-state index >= 15 is 0 Å². The minimum Gasteiger partial charge on any atom is -0.481 e. The summed E-state index contributed by atoms with van der Waals surface area (Å²) >= 11 is 37.8. The molecule has 2 aliphatic rings. The van der Waals surface area contributed by atoms with Crippen LogP contribution in [0.25, 0.3) is 0 Å². The van der Waals surface area contributed by atoms with Crippen LogP contribution in [0.5, 0.6) is 0 Å². The lowest BCUT2D eigenvalue weighted by molar-refractivity contribution is -0.384. The fourth-order valence-electron chi connectivity index (χ4n) is 3.54. The van der Waals surface area contributed by atoms with E-state index < -0.39 is 42.7 Å². The summed E-state index contributed by atoms with van der Waals surface area (Å²) in [4.78, 5) is 30.8. The number of carbonyl (C=O) groups excluding carboxylic acids is 1. The number of alkyl halides is 4. The molecule has 7 nitrogen and oxygen atoms in total. The Morgan fingerprint density at radius 1 is 1.07 bits per heavy atom. The molecular formula is C15H8Cl6N2O5. The Balaban J connectivity index is 2.08. The summed E-state index contributed by atoms with van der Waals surface area (Å²) in [6.45, 7) is 0. The Kier molecular flexibility index (Phi) is 5.27. The molecule has 0 spiro atoms. The number of nitro benzene ring substituents is 1. The van der Waals surface area contributed by atoms with E-state index in [-0.39, 0.29) is 21.4 Å². The molecule has 13 heteroatoms. The van der Waals surface area contributed by atoms with E-state index in [0.717, 1.165) is 6.07 Å². The highest BCUT2D eigenvalue weighted by Gasteiger charge is 2.85. The van der Waals surface area contributed by atoms with Crippen LogP contribution in [0.4, 0.5) is 11.4 Å². The Morgan fingerprint density at radius 3 is 2.11 bits per heavy atom. The number of halogens is 6. The summed E-state index contributed by atoms with van der Waals surface area (Å²) in [6, 6.07) is 4.99. The second-order valence-corrected chi connectivity index (χ2v) is 9.49. The third kappa shape index (κ3) is 2.57. The Bertz CT molecular complexity index is 953. The molecule has 1 aromatic rings. The van der Waals surface area contributed by atoms with E-state index in [0.29, 0.717) is 0 Å². The van der Waals surface area contributed by atoms with Gasteiger partial charge in [0.1, 0.15) is 9.75 Å². The van der Waals surface area contributed by atoms with Crippen LogP contribution in [0.15, 0.2) is 34.3 Å². The number of hydrogen-bond donors (Lipinski definition) is 2. The number of amides is 1. The van der Waals surface area contributed by atoms with Crippen molar-refractivity contribution in [1.82, 2.24) is 0 Å². The summed E-state index contributed by atoms with van der Waals surface area (Å²) < 4.78 is -2.23. The van der Waals surface area contributed by atoms with Gasteiger partial charge < -0.3 is 10.4 Å². The van der Waals surface area contributed by atoms with Crippen molar-refractivity contribution in [3.8, 4) is 0 Å². The monoisotopic (exact) mass is 506 g/mol. The quantitative estimate of drug-likeness (QED) is 0.348. The molecule has 3 rings (SSSR count). The van der Waals surface area contributed by atoms with Crippen molar-refractivity contribution in [3.63, 3.8) is 0 Å². The van der Waals surface area contributed by atoms with Gasteiger partial charge in [-0.3, -0.25) is 19.7 Å². The van der Waals surface area contributed by atoms with Crippen molar-refractivity contribution in [2.45, 2.75) is 14.1 Å². The summed E-state index contributed by atoms with van der Waals surface area (Å²) in [7, 11) is 0. The highest BCUT2D eigenvalue weighted by Crippen LogP contribution is 2.76. The van der Waals surface area contributed by atoms with Gasteiger partial charge in [-0.15, -0.1) is 23.2 Å². The fraction of sp³-hybridized carbons (Fsp3) is 0.333. The van der Waals surface area contributed by atoms with Crippen LogP contribution >= 0.6 is 69.6 Å². The minimum atomic E-state index is -2.23. The second-order valence-electron chi connectivity index (χ2n) is 6.22. The highest BCUT2D eigenvalue weighted by atomic mass is 35.5. The van der Waals surface area contributed by atoms with Gasteiger partial charge in [-0.1, -0.05) is 52.5 Å². The first-order valence-corrected chi connectivity index (χ1v) is 9.68. The molecule has 150 valence electrons. The number of anilines is 1. The zero-order valence-corrected chi connectivity index (χ0v) is 17.8. The van der Waals surface area contributed by atoms with Gasteiger partial charge in [0.15, 0.2) is 4.33 Å². The number of nitrogens with zero attached hydrogens (tertiary/aromatic N) is 1. The average molecular weight is 509 g/mol. The number of fused-ring (bicyclic) bond motifs is 2. The van der Waals surface area contributed by atoms with Crippen LogP contribution in [-0.4, -0.2) is 36.0 Å². The molecule has 1 fully saturated rings. The first kappa shape index (κ1) is 21.7. The number of carboxylic acid groups (broad SMARTS) is 1. The normalized spacial score (nSPS) is 33.1. The number of carbonyl (C=O) groups is 2. The van der Waals surface area contributed by atoms with Crippen LogP contribution in [0.3, 0.4) is 0 Å². The molecule has 1 amide bonds. The summed E-state index contributed by atoms with van der Waals surface area (Å²) in [5.74, 6) is -5.83. The summed E-state index contributed by atoms with van der Waals surface area (Å²) in [5, 5.41) is 22.3. The number of benzene rings is 1. The summed E-state index contributed by atoms with van der Waals surface area (Å²) in [6.07, 6.45) is 0. The van der Waals surface area contributed by atoms with Crippen molar-refractivity contribution in [1.29, 1.82) is 0 Å². The van der Waals surface area contributed by atoms with Gasteiger partial charge in [-0.25, -0.2) is 0 Å². The summed E-state index contributed by atoms with van der Waals surface area (Å²) in [5.41, 5.74) is -0.268. The van der Waals surface area contributed by atoms with E-state index in [1.54, 1.807) is 0 Å². The van der Waals surface area contributed by atoms with E-state index in [1.165, 1.54) is 18.2 Å². The van der Waals surface area contributed by atoms with Crippen molar-refractivity contribution < 1.29 is 19.6 Å². The first-order valence-electron chi connectivity index (χ1n) is 7.41. The maximum absolute atomic E-state index is 13.0. The number of aliphatic carboxylic acids is 1. The molecule has 1 saturated carbocycles. The number of nitro groups is 1. The van der Waals surface area contributed by atoms with Gasteiger partial charge in [-0.2, -0.15) is 0 Å². The number of non-ortho nitro benzene ring substituents is 1. The van der Waals surface area contributed by atoms with Gasteiger partial charge >= 0.3 is 5.97 Å². The maximum Gasteiger partial charge on any atom is 0.309 e. The topological polar surface area (TPSA) is 110 Å². The van der Waals surface area contributed by atoms with Crippen LogP contribution in [-0.2, 0) is 9.59 Å². The van der Waals surface area contributed by atoms with Gasteiger partial charge in [0, 0.05) is 17.8 Å². The van der Waals surface area contributed by atoms with E-state index in [1.807, 2.05) is 0 Å². The van der Waals surface area contributed by atoms with E-state index in [4.69, 9.17) is 69.6 Å². The third-order valence-electron chi connectivity index (χ3n) is 4.81. The predicted molar refractivity (Wildman–Crippen MR) is 107 cm³/mol. The van der Waals surface area contributed by atoms with E-state index in [2.05, 4.69) is 5.32 Å². The zero-order chi connectivity index (χ0) is 21.2. The number of rotatable bonds is 4. The number of carboxylic acids is 1. The first-order chi connectivity index (χ1) is 12.8. The number of nitrogens with one attached hydrogen (secondary N) is 1. The standard InChI is InChI=1S/C15H8Cl6N2O5/c16-9-10(17)14(19)8(12(25)26)7(13(9,18)15(14,20)21)11(24)22-5-2-1-3-6(4-5)23(27)28/h1-4,7-8H,(H,22,24)(H,25,26)/t7-,8-,13+,14+/m1/s1. The van der Waals surface area contributed by atoms with E-state index in [9.17, 15) is 24.8 Å². The Labute approximate surface area is 187 Å². The SMILES string of the molecule is O=C(O)[C@H]1[C@H](C(=O)Nc2cccc([N+](=O)[O-])c2)[C@]2(Cl)C(Cl)=C(Cl)[C@]1(Cl)C2(Cl)Cl. The molecule has 2 N–H and O–H groups in total. The molecule has 1 aromatic carbocycles. The molecule has 0 saturated heterocycles. The van der Waals surface area contributed by atoms with Crippen LogP contribution < -0.4 is 5.32 Å². The molecule has 2 aliphatic carbocycles. The van der Waals surface area contributed by atoms with Gasteiger partial charge in [-0.05, 0) is 6.07 Å². The lowest BCUT2D eigenvalue weighted by Crippen LogP contribution is -2.47. The minimum absolute atomic E-state index is 0.0240. The Hall–Kier alpha value is -0.960. The fourth-order valence-corrected chi connectivity index (χ4v) is 6.48. The molecule has 0 aromatic heterocycles. The van der Waals surface area contributed by atoms with Gasteiger partial charge in [0.2, 0.25) is 5.91 Å². The van der Waals surface area contributed by atoms with Crippen LogP contribution in [0.1, 0.15) is 0 Å². The van der Waals surface area contributed by atoms with Crippen LogP contribution in [0.2, 0.25) is 0 Å². The third-order valence-corrected chi connectivity index (χ3v) is 9.07. The van der Waals surface area contributed by atoms with Crippen molar-refractivity contribution in [2.24, 2.45) is 11.8 Å². The lowest BCUT2D eigenvalue weighted by Gasteiger charge is -2.33. The predicted octanol–water partition coefficient (Wildman–Crippen LogP) is 4.70. The van der Waals surface area contributed by atoms with Crippen molar-refractivity contribution >= 4 is 92.9 Å². The maximum atomic E-state index is 13.0. The number of allylic oxidation sites excluding steroid dienone is 2. The molecular weight excluding hydrogens is 501 g/mol. The molecule has 2 bridgehead atoms. The number of hydrogen-bond acceptors (Lipinski definition) is 4. The molecule has 0 heterocycles. The average Bonchev–Trinajstić information content (AvgIpc) is 2.82. The van der Waals surface area contributed by atoms with Gasteiger partial charge in [0.05, 0.1) is 26.8 Å². The largest absolute Gasteiger partial charge is 0.481 e. The zero-order valence-electron chi connectivity index (χ0n) is 13.3. The second kappa shape index (κ2) is 6.79. The smallest absolute Gasteiger partial charge is 0.309 e. The molecule has 28 heavy (non-hydrogen) atoms. The van der Waals surface area contributed by atoms with Crippen molar-refractivity contribution in [3.05, 3.63) is 44.4 Å². The molecule has 0 unspecified atom stereocenters. The van der Waals surface area contributed by atoms with Gasteiger partial charge in [0.25, 0.3) is 5.69 Å².